The normalized spacial score (nSPS) is 45.5. The summed E-state index contributed by atoms with van der Waals surface area (Å²) in [6.45, 7) is -0.0757. The number of methoxy groups -OCH3 is 1. The molecule has 2 aliphatic rings. The molecule has 12 nitrogen and oxygen atoms in total. The third-order valence-electron chi connectivity index (χ3n) is 4.63. The van der Waals surface area contributed by atoms with E-state index >= 15 is 0 Å². The van der Waals surface area contributed by atoms with Crippen molar-refractivity contribution in [3.8, 4) is 0 Å². The number of nitrogens with one attached hydrogen (secondary N) is 1. The standard InChI is InChI=1S/C15H27NO11/c1-5(19)16-8-11(22)9(20)6(3-17)26-15(8)27-12-10(21)7(4-18)25-14(23)13(12)24-2/h6-15,17-18,20-23H,3-4H2,1-2H3,(H,16,19)/t6-,7-,8-,9-,10+,11-,12+,13-,14-,15+/m1/s1. The highest BCUT2D eigenvalue weighted by Crippen LogP contribution is 2.29. The van der Waals surface area contributed by atoms with E-state index in [4.69, 9.17) is 18.9 Å². The summed E-state index contributed by atoms with van der Waals surface area (Å²) in [4.78, 5) is 11.5. The molecule has 0 spiro atoms. The minimum atomic E-state index is -1.54. The first-order valence-corrected chi connectivity index (χ1v) is 8.45. The van der Waals surface area contributed by atoms with E-state index < -0.39 is 80.5 Å². The lowest BCUT2D eigenvalue weighted by Gasteiger charge is -2.47. The van der Waals surface area contributed by atoms with Gasteiger partial charge in [-0.2, -0.15) is 0 Å². The van der Waals surface area contributed by atoms with Gasteiger partial charge in [0.15, 0.2) is 12.6 Å². The van der Waals surface area contributed by atoms with Crippen molar-refractivity contribution in [1.29, 1.82) is 0 Å². The highest BCUT2D eigenvalue weighted by atomic mass is 16.7. The number of aliphatic hydroxyl groups excluding tert-OH is 6. The van der Waals surface area contributed by atoms with Crippen LogP contribution >= 0.6 is 0 Å². The molecule has 0 saturated carbocycles. The van der Waals surface area contributed by atoms with E-state index in [1.165, 1.54) is 14.0 Å². The Morgan fingerprint density at radius 1 is 0.963 bits per heavy atom. The molecule has 0 aromatic heterocycles. The lowest BCUT2D eigenvalue weighted by molar-refractivity contribution is -0.344. The Hall–Kier alpha value is -0.930. The number of hydrogen-bond donors (Lipinski definition) is 7. The van der Waals surface area contributed by atoms with Gasteiger partial charge in [-0.05, 0) is 0 Å². The second-order valence-electron chi connectivity index (χ2n) is 6.47. The summed E-state index contributed by atoms with van der Waals surface area (Å²) in [6, 6.07) is -1.24. The average Bonchev–Trinajstić information content (AvgIpc) is 2.63. The van der Waals surface area contributed by atoms with E-state index in [1.54, 1.807) is 0 Å². The number of carbonyl (C=O) groups excluding carboxylic acids is 1. The minimum absolute atomic E-state index is 0.546. The fourth-order valence-corrected chi connectivity index (χ4v) is 3.21. The summed E-state index contributed by atoms with van der Waals surface area (Å²) in [7, 11) is 1.24. The summed E-state index contributed by atoms with van der Waals surface area (Å²) in [5, 5.41) is 61.7. The maximum absolute atomic E-state index is 11.5. The molecule has 2 heterocycles. The molecule has 2 aliphatic heterocycles. The van der Waals surface area contributed by atoms with Crippen LogP contribution in [-0.2, 0) is 23.7 Å². The second-order valence-corrected chi connectivity index (χ2v) is 6.47. The summed E-state index contributed by atoms with van der Waals surface area (Å²) < 4.78 is 21.2. The van der Waals surface area contributed by atoms with E-state index in [0.29, 0.717) is 0 Å². The Balaban J connectivity index is 2.26. The fraction of sp³-hybridized carbons (Fsp3) is 0.933. The van der Waals surface area contributed by atoms with Crippen LogP contribution < -0.4 is 5.32 Å². The molecule has 0 aromatic rings. The maximum Gasteiger partial charge on any atom is 0.217 e. The third-order valence-corrected chi connectivity index (χ3v) is 4.63. The van der Waals surface area contributed by atoms with Crippen molar-refractivity contribution in [2.75, 3.05) is 20.3 Å². The topological polar surface area (TPSA) is 187 Å². The quantitative estimate of drug-likeness (QED) is 0.228. The first kappa shape index (κ1) is 22.4. The van der Waals surface area contributed by atoms with Crippen LogP contribution in [0.5, 0.6) is 0 Å². The van der Waals surface area contributed by atoms with Crippen molar-refractivity contribution in [2.45, 2.75) is 68.3 Å². The molecule has 0 aliphatic carbocycles. The molecule has 2 rings (SSSR count). The van der Waals surface area contributed by atoms with Crippen molar-refractivity contribution in [3.63, 3.8) is 0 Å². The van der Waals surface area contributed by atoms with Crippen LogP contribution in [0.4, 0.5) is 0 Å². The number of carbonyl (C=O) groups is 1. The zero-order valence-electron chi connectivity index (χ0n) is 14.9. The second kappa shape index (κ2) is 9.52. The molecular weight excluding hydrogens is 370 g/mol. The Labute approximate surface area is 155 Å². The van der Waals surface area contributed by atoms with Gasteiger partial charge in [0.05, 0.1) is 13.2 Å². The molecule has 27 heavy (non-hydrogen) atoms. The summed E-state index contributed by atoms with van der Waals surface area (Å²) in [5.74, 6) is -0.546. The van der Waals surface area contributed by atoms with Crippen LogP contribution in [0.15, 0.2) is 0 Å². The molecule has 1 amide bonds. The first-order valence-electron chi connectivity index (χ1n) is 8.45. The first-order chi connectivity index (χ1) is 12.7. The van der Waals surface area contributed by atoms with Crippen LogP contribution in [0, 0.1) is 0 Å². The highest BCUT2D eigenvalue weighted by Gasteiger charge is 2.51. The van der Waals surface area contributed by atoms with E-state index in [-0.39, 0.29) is 0 Å². The molecule has 12 heteroatoms. The SMILES string of the molecule is CO[C@@H]1[C@@H](O[C@@H]2O[C@H](CO)[C@@H](O)[C@H](O)[C@H]2NC(C)=O)[C@@H](O)[C@@H](CO)O[C@H]1O. The molecule has 158 valence electrons. The average molecular weight is 397 g/mol. The molecule has 0 radical (unpaired) electrons. The summed E-state index contributed by atoms with van der Waals surface area (Å²) in [5.41, 5.74) is 0. The molecule has 0 bridgehead atoms. The number of hydrogen-bond acceptors (Lipinski definition) is 11. The number of amides is 1. The van der Waals surface area contributed by atoms with Gasteiger partial charge in [-0.25, -0.2) is 0 Å². The van der Waals surface area contributed by atoms with Crippen LogP contribution in [0.2, 0.25) is 0 Å². The van der Waals surface area contributed by atoms with Crippen LogP contribution in [0.1, 0.15) is 6.92 Å². The number of rotatable bonds is 6. The van der Waals surface area contributed by atoms with Crippen LogP contribution in [-0.4, -0.2) is 118 Å². The molecule has 10 atom stereocenters. The van der Waals surface area contributed by atoms with Gasteiger partial charge in [-0.3, -0.25) is 4.79 Å². The fourth-order valence-electron chi connectivity index (χ4n) is 3.21. The number of aliphatic hydroxyl groups is 6. The molecule has 0 aromatic carbocycles. The maximum atomic E-state index is 11.5. The summed E-state index contributed by atoms with van der Waals surface area (Å²) >= 11 is 0. The van der Waals surface area contributed by atoms with Crippen molar-refractivity contribution in [1.82, 2.24) is 5.32 Å². The van der Waals surface area contributed by atoms with Crippen molar-refractivity contribution < 1.29 is 54.4 Å². The van der Waals surface area contributed by atoms with Gasteiger partial charge in [-0.15, -0.1) is 0 Å². The van der Waals surface area contributed by atoms with E-state index in [1.807, 2.05) is 0 Å². The molecule has 0 unspecified atom stereocenters. The Morgan fingerprint density at radius 3 is 2.07 bits per heavy atom. The van der Waals surface area contributed by atoms with Crippen LogP contribution in [0.25, 0.3) is 0 Å². The van der Waals surface area contributed by atoms with Gasteiger partial charge >= 0.3 is 0 Å². The van der Waals surface area contributed by atoms with E-state index in [2.05, 4.69) is 5.32 Å². The Kier molecular flexibility index (Phi) is 7.88. The molecular formula is C15H27NO11. The molecule has 2 fully saturated rings. The molecule has 7 N–H and O–H groups in total. The summed E-state index contributed by atoms with van der Waals surface area (Å²) in [6.07, 6.45) is -12.3. The van der Waals surface area contributed by atoms with Crippen molar-refractivity contribution >= 4 is 5.91 Å². The zero-order valence-corrected chi connectivity index (χ0v) is 14.9. The van der Waals surface area contributed by atoms with Crippen molar-refractivity contribution in [3.05, 3.63) is 0 Å². The molecule has 2 saturated heterocycles. The smallest absolute Gasteiger partial charge is 0.217 e. The van der Waals surface area contributed by atoms with Gasteiger partial charge in [0, 0.05) is 14.0 Å². The monoisotopic (exact) mass is 397 g/mol. The van der Waals surface area contributed by atoms with Gasteiger partial charge in [-0.1, -0.05) is 0 Å². The lowest BCUT2D eigenvalue weighted by Crippen LogP contribution is -2.67. The van der Waals surface area contributed by atoms with E-state index in [0.717, 1.165) is 0 Å². The lowest BCUT2D eigenvalue weighted by atomic mass is 9.95. The van der Waals surface area contributed by atoms with Crippen LogP contribution in [0.3, 0.4) is 0 Å². The van der Waals surface area contributed by atoms with Gasteiger partial charge in [0.2, 0.25) is 5.91 Å². The predicted molar refractivity (Wildman–Crippen MR) is 85.0 cm³/mol. The zero-order chi connectivity index (χ0) is 20.3. The Bertz CT molecular complexity index is 494. The highest BCUT2D eigenvalue weighted by molar-refractivity contribution is 5.73. The largest absolute Gasteiger partial charge is 0.394 e. The van der Waals surface area contributed by atoms with Gasteiger partial charge < -0.3 is 54.9 Å². The van der Waals surface area contributed by atoms with E-state index in [9.17, 15) is 35.4 Å². The van der Waals surface area contributed by atoms with Crippen molar-refractivity contribution in [2.24, 2.45) is 0 Å². The van der Waals surface area contributed by atoms with Gasteiger partial charge in [0.1, 0.15) is 48.8 Å². The number of ether oxygens (including phenoxy) is 4. The predicted octanol–water partition coefficient (Wildman–Crippen LogP) is -4.60. The minimum Gasteiger partial charge on any atom is -0.394 e. The van der Waals surface area contributed by atoms with Gasteiger partial charge in [0.25, 0.3) is 0 Å². The third kappa shape index (κ3) is 4.74. The Morgan fingerprint density at radius 2 is 1.56 bits per heavy atom.